The summed E-state index contributed by atoms with van der Waals surface area (Å²) in [6.07, 6.45) is 0. The lowest BCUT2D eigenvalue weighted by Crippen LogP contribution is -2.41. The minimum absolute atomic E-state index is 0.426. The van der Waals surface area contributed by atoms with Crippen molar-refractivity contribution in [1.29, 1.82) is 0 Å². The number of hydrogen-bond donors (Lipinski definition) is 0. The zero-order valence-corrected chi connectivity index (χ0v) is 26.7. The predicted octanol–water partition coefficient (Wildman–Crippen LogP) is 8.94. The zero-order valence-electron chi connectivity index (χ0n) is 26.7. The van der Waals surface area contributed by atoms with E-state index in [9.17, 15) is 0 Å². The fraction of sp³-hybridized carbons (Fsp3) is 0.175. The standard InChI is InChI=1S/C40H34BN3O2/c1-25-23-32-38(44-37(27-17-10-7-11-18-27)36(43-32)26-15-8-6-9-16-26)34-30-21-12-13-22-31(30)42-35(33(25)34)28-19-14-20-29(24-28)41-45-39(2,3)40(4,5)46-41/h6-24H,1-5H3. The van der Waals surface area contributed by atoms with Crippen LogP contribution in [0.15, 0.2) is 115 Å². The molecular weight excluding hydrogens is 565 g/mol. The molecule has 2 aromatic heterocycles. The molecule has 0 amide bonds. The second-order valence-electron chi connectivity index (χ2n) is 13.2. The van der Waals surface area contributed by atoms with E-state index in [1.54, 1.807) is 0 Å². The number of hydrogen-bond acceptors (Lipinski definition) is 5. The van der Waals surface area contributed by atoms with Gasteiger partial charge in [0.25, 0.3) is 0 Å². The van der Waals surface area contributed by atoms with Crippen LogP contribution < -0.4 is 5.46 Å². The Kier molecular flexibility index (Phi) is 6.57. The Morgan fingerprint density at radius 2 is 1.09 bits per heavy atom. The number of pyridine rings is 1. The van der Waals surface area contributed by atoms with Crippen LogP contribution in [0.25, 0.3) is 66.5 Å². The topological polar surface area (TPSA) is 57.1 Å². The molecule has 0 saturated carbocycles. The molecule has 1 fully saturated rings. The Bertz CT molecular complexity index is 2270. The number of para-hydroxylation sites is 1. The number of nitrogens with zero attached hydrogens (tertiary/aromatic N) is 3. The van der Waals surface area contributed by atoms with E-state index >= 15 is 0 Å². The summed E-state index contributed by atoms with van der Waals surface area (Å²) in [5.41, 5.74) is 9.53. The summed E-state index contributed by atoms with van der Waals surface area (Å²) in [6, 6.07) is 39.5. The number of benzene rings is 5. The van der Waals surface area contributed by atoms with E-state index in [1.165, 1.54) is 0 Å². The van der Waals surface area contributed by atoms with Crippen molar-refractivity contribution < 1.29 is 9.31 Å². The third kappa shape index (κ3) is 4.60. The molecule has 0 atom stereocenters. The van der Waals surface area contributed by atoms with Crippen molar-refractivity contribution in [2.45, 2.75) is 45.8 Å². The minimum atomic E-state index is -0.464. The van der Waals surface area contributed by atoms with Gasteiger partial charge in [-0.1, -0.05) is 103 Å². The van der Waals surface area contributed by atoms with Crippen LogP contribution in [0, 0.1) is 6.92 Å². The van der Waals surface area contributed by atoms with Gasteiger partial charge in [-0.3, -0.25) is 0 Å². The first-order chi connectivity index (χ1) is 22.2. The lowest BCUT2D eigenvalue weighted by Gasteiger charge is -2.32. The third-order valence-electron chi connectivity index (χ3n) is 9.58. The van der Waals surface area contributed by atoms with E-state index in [0.717, 1.165) is 77.5 Å². The van der Waals surface area contributed by atoms with Crippen molar-refractivity contribution in [1.82, 2.24) is 15.0 Å². The molecule has 5 aromatic carbocycles. The number of aromatic nitrogens is 3. The normalized spacial score (nSPS) is 15.6. The summed E-state index contributed by atoms with van der Waals surface area (Å²) >= 11 is 0. The first kappa shape index (κ1) is 28.6. The second-order valence-corrected chi connectivity index (χ2v) is 13.2. The lowest BCUT2D eigenvalue weighted by atomic mass is 9.78. The zero-order chi connectivity index (χ0) is 31.6. The summed E-state index contributed by atoms with van der Waals surface area (Å²) in [5.74, 6) is 0. The number of rotatable bonds is 4. The number of fused-ring (bicyclic) bond motifs is 5. The highest BCUT2D eigenvalue weighted by molar-refractivity contribution is 6.62. The summed E-state index contributed by atoms with van der Waals surface area (Å²) in [7, 11) is -0.464. The molecule has 0 N–H and O–H groups in total. The Morgan fingerprint density at radius 3 is 1.76 bits per heavy atom. The lowest BCUT2D eigenvalue weighted by molar-refractivity contribution is 0.00578. The summed E-state index contributed by atoms with van der Waals surface area (Å²) in [4.78, 5) is 16.1. The van der Waals surface area contributed by atoms with Gasteiger partial charge in [0, 0.05) is 32.8 Å². The maximum Gasteiger partial charge on any atom is 0.494 e. The number of aryl methyl sites for hydroxylation is 1. The average molecular weight is 600 g/mol. The molecule has 0 unspecified atom stereocenters. The maximum atomic E-state index is 6.42. The van der Waals surface area contributed by atoms with Gasteiger partial charge in [0.1, 0.15) is 0 Å². The SMILES string of the molecule is Cc1cc2nc(-c3ccccc3)c(-c3ccccc3)nc2c2c1c(-c1cccc(B3OC(C)(C)C(C)(C)O3)c1)nc1ccccc12. The molecule has 0 bridgehead atoms. The van der Waals surface area contributed by atoms with E-state index < -0.39 is 18.3 Å². The molecule has 3 heterocycles. The highest BCUT2D eigenvalue weighted by Gasteiger charge is 2.51. The van der Waals surface area contributed by atoms with E-state index in [-0.39, 0.29) is 0 Å². The van der Waals surface area contributed by atoms with Crippen molar-refractivity contribution in [2.75, 3.05) is 0 Å². The minimum Gasteiger partial charge on any atom is -0.399 e. The van der Waals surface area contributed by atoms with Crippen LogP contribution in [0.4, 0.5) is 0 Å². The Hall–Kier alpha value is -4.91. The van der Waals surface area contributed by atoms with E-state index in [4.69, 9.17) is 24.3 Å². The quantitative estimate of drug-likeness (QED) is 0.149. The first-order valence-corrected chi connectivity index (χ1v) is 15.8. The molecule has 7 aromatic rings. The van der Waals surface area contributed by atoms with Gasteiger partial charge in [-0.25, -0.2) is 15.0 Å². The van der Waals surface area contributed by atoms with Gasteiger partial charge in [0.05, 0.1) is 44.8 Å². The second kappa shape index (κ2) is 10.6. The van der Waals surface area contributed by atoms with E-state index in [2.05, 4.69) is 107 Å². The van der Waals surface area contributed by atoms with Gasteiger partial charge >= 0.3 is 7.12 Å². The van der Waals surface area contributed by atoms with Gasteiger partial charge < -0.3 is 9.31 Å². The molecule has 5 nitrogen and oxygen atoms in total. The molecule has 46 heavy (non-hydrogen) atoms. The molecule has 224 valence electrons. The van der Waals surface area contributed by atoms with Crippen LogP contribution in [0.5, 0.6) is 0 Å². The van der Waals surface area contributed by atoms with Crippen molar-refractivity contribution in [3.63, 3.8) is 0 Å². The van der Waals surface area contributed by atoms with Crippen LogP contribution in [-0.4, -0.2) is 33.3 Å². The fourth-order valence-corrected chi connectivity index (χ4v) is 6.47. The summed E-state index contributed by atoms with van der Waals surface area (Å²) in [5, 5.41) is 3.18. The van der Waals surface area contributed by atoms with Gasteiger partial charge in [-0.05, 0) is 57.8 Å². The van der Waals surface area contributed by atoms with Crippen LogP contribution in [-0.2, 0) is 9.31 Å². The largest absolute Gasteiger partial charge is 0.494 e. The third-order valence-corrected chi connectivity index (χ3v) is 9.58. The maximum absolute atomic E-state index is 6.42. The van der Waals surface area contributed by atoms with Crippen molar-refractivity contribution in [2.24, 2.45) is 0 Å². The fourth-order valence-electron chi connectivity index (χ4n) is 6.47. The van der Waals surface area contributed by atoms with Gasteiger partial charge in [0.15, 0.2) is 0 Å². The van der Waals surface area contributed by atoms with Gasteiger partial charge in [-0.15, -0.1) is 0 Å². The monoisotopic (exact) mass is 599 g/mol. The average Bonchev–Trinajstić information content (AvgIpc) is 3.30. The first-order valence-electron chi connectivity index (χ1n) is 15.8. The van der Waals surface area contributed by atoms with Crippen molar-refractivity contribution in [3.8, 4) is 33.8 Å². The van der Waals surface area contributed by atoms with Crippen LogP contribution >= 0.6 is 0 Å². The molecular formula is C40H34BN3O2. The molecule has 0 spiro atoms. The van der Waals surface area contributed by atoms with Crippen molar-refractivity contribution in [3.05, 3.63) is 121 Å². The Balaban J connectivity index is 1.42. The molecule has 8 rings (SSSR count). The van der Waals surface area contributed by atoms with E-state index in [1.807, 2.05) is 42.5 Å². The molecule has 6 heteroatoms. The molecule has 0 radical (unpaired) electrons. The molecule has 1 aliphatic heterocycles. The predicted molar refractivity (Wildman–Crippen MR) is 189 cm³/mol. The summed E-state index contributed by atoms with van der Waals surface area (Å²) < 4.78 is 12.8. The Morgan fingerprint density at radius 1 is 0.522 bits per heavy atom. The van der Waals surface area contributed by atoms with Crippen LogP contribution in [0.1, 0.15) is 33.3 Å². The smallest absolute Gasteiger partial charge is 0.399 e. The van der Waals surface area contributed by atoms with Crippen molar-refractivity contribution >= 4 is 45.3 Å². The van der Waals surface area contributed by atoms with E-state index in [0.29, 0.717) is 0 Å². The van der Waals surface area contributed by atoms with Crippen LogP contribution in [0.3, 0.4) is 0 Å². The molecule has 1 aliphatic rings. The highest BCUT2D eigenvalue weighted by atomic mass is 16.7. The van der Waals surface area contributed by atoms with Crippen LogP contribution in [0.2, 0.25) is 0 Å². The summed E-state index contributed by atoms with van der Waals surface area (Å²) in [6.45, 7) is 10.5. The van der Waals surface area contributed by atoms with Gasteiger partial charge in [-0.2, -0.15) is 0 Å². The highest BCUT2D eigenvalue weighted by Crippen LogP contribution is 2.41. The van der Waals surface area contributed by atoms with Gasteiger partial charge in [0.2, 0.25) is 0 Å². The molecule has 1 saturated heterocycles. The Labute approximate surface area is 269 Å². The molecule has 0 aliphatic carbocycles.